The second kappa shape index (κ2) is 6.34. The first-order valence-corrected chi connectivity index (χ1v) is 6.33. The Bertz CT molecular complexity index is 542. The predicted octanol–water partition coefficient (Wildman–Crippen LogP) is 3.54. The molecule has 98 valence electrons. The van der Waals surface area contributed by atoms with Gasteiger partial charge in [0.2, 0.25) is 0 Å². The number of hydrogen-bond acceptors (Lipinski definition) is 1. The fraction of sp³-hybridized carbons (Fsp3) is 0.133. The van der Waals surface area contributed by atoms with Crippen LogP contribution in [0, 0.1) is 5.82 Å². The highest BCUT2D eigenvalue weighted by Gasteiger charge is 2.10. The van der Waals surface area contributed by atoms with Crippen LogP contribution >= 0.6 is 11.6 Å². The molecular formula is C15H13ClFNO. The van der Waals surface area contributed by atoms with Gasteiger partial charge in [-0.15, -0.1) is 11.6 Å². The molecule has 0 saturated carbocycles. The molecular weight excluding hydrogens is 265 g/mol. The first kappa shape index (κ1) is 13.6. The minimum Gasteiger partial charge on any atom is -0.350 e. The van der Waals surface area contributed by atoms with Gasteiger partial charge in [-0.25, -0.2) is 4.39 Å². The molecule has 2 nitrogen and oxygen atoms in total. The molecule has 0 saturated heterocycles. The van der Waals surface area contributed by atoms with Crippen LogP contribution in [-0.4, -0.2) is 12.5 Å². The monoisotopic (exact) mass is 277 g/mol. The molecule has 0 fully saturated rings. The Morgan fingerprint density at radius 2 is 1.74 bits per heavy atom. The highest BCUT2D eigenvalue weighted by atomic mass is 35.5. The molecule has 0 aromatic heterocycles. The van der Waals surface area contributed by atoms with E-state index in [0.717, 1.165) is 5.56 Å². The van der Waals surface area contributed by atoms with E-state index in [-0.39, 0.29) is 17.1 Å². The maximum Gasteiger partial charge on any atom is 0.251 e. The zero-order valence-electron chi connectivity index (χ0n) is 10.1. The molecule has 2 rings (SSSR count). The lowest BCUT2D eigenvalue weighted by Gasteiger charge is -2.11. The summed E-state index contributed by atoms with van der Waals surface area (Å²) in [6, 6.07) is 14.9. The van der Waals surface area contributed by atoms with Crippen LogP contribution in [0.3, 0.4) is 0 Å². The second-order valence-electron chi connectivity index (χ2n) is 4.10. The fourth-order valence-electron chi connectivity index (χ4n) is 1.67. The largest absolute Gasteiger partial charge is 0.350 e. The lowest BCUT2D eigenvalue weighted by molar-refractivity contribution is 0.0953. The van der Waals surface area contributed by atoms with Crippen molar-refractivity contribution in [1.29, 1.82) is 0 Å². The fourth-order valence-corrected chi connectivity index (χ4v) is 1.89. The van der Waals surface area contributed by atoms with Gasteiger partial charge in [-0.2, -0.15) is 0 Å². The zero-order valence-corrected chi connectivity index (χ0v) is 10.9. The van der Waals surface area contributed by atoms with Crippen LogP contribution in [0.25, 0.3) is 0 Å². The normalized spacial score (nSPS) is 11.9. The Kier molecular flexibility index (Phi) is 4.53. The minimum atomic E-state index is -0.365. The Morgan fingerprint density at radius 1 is 1.11 bits per heavy atom. The van der Waals surface area contributed by atoms with Crippen LogP contribution in [0.5, 0.6) is 0 Å². The third-order valence-corrected chi connectivity index (χ3v) is 3.12. The number of benzene rings is 2. The van der Waals surface area contributed by atoms with Crippen LogP contribution in [-0.2, 0) is 0 Å². The molecule has 0 spiro atoms. The summed E-state index contributed by atoms with van der Waals surface area (Å²) in [5.41, 5.74) is 1.36. The molecule has 1 atom stereocenters. The van der Waals surface area contributed by atoms with E-state index in [0.29, 0.717) is 12.1 Å². The van der Waals surface area contributed by atoms with Crippen molar-refractivity contribution < 1.29 is 9.18 Å². The molecule has 1 unspecified atom stereocenters. The standard InChI is InChI=1S/C15H13ClFNO/c16-14(11-4-2-1-3-5-11)10-18-15(19)12-6-8-13(17)9-7-12/h1-9,14H,10H2,(H,18,19). The van der Waals surface area contributed by atoms with E-state index in [4.69, 9.17) is 11.6 Å². The summed E-state index contributed by atoms with van der Waals surface area (Å²) in [4.78, 5) is 11.8. The number of amides is 1. The summed E-state index contributed by atoms with van der Waals surface area (Å²) in [5, 5.41) is 2.44. The van der Waals surface area contributed by atoms with Crippen molar-refractivity contribution in [2.45, 2.75) is 5.38 Å². The average Bonchev–Trinajstić information content (AvgIpc) is 2.46. The van der Waals surface area contributed by atoms with Gasteiger partial charge in [0, 0.05) is 12.1 Å². The third-order valence-electron chi connectivity index (χ3n) is 2.71. The maximum absolute atomic E-state index is 12.7. The maximum atomic E-state index is 12.7. The summed E-state index contributed by atoms with van der Waals surface area (Å²) in [6.07, 6.45) is 0. The Balaban J connectivity index is 1.92. The van der Waals surface area contributed by atoms with Gasteiger partial charge in [-0.3, -0.25) is 4.79 Å². The zero-order chi connectivity index (χ0) is 13.7. The number of rotatable bonds is 4. The van der Waals surface area contributed by atoms with Gasteiger partial charge in [0.25, 0.3) is 5.91 Å². The SMILES string of the molecule is O=C(NCC(Cl)c1ccccc1)c1ccc(F)cc1. The molecule has 19 heavy (non-hydrogen) atoms. The van der Waals surface area contributed by atoms with Gasteiger partial charge in [0.05, 0.1) is 5.38 Å². The van der Waals surface area contributed by atoms with Crippen molar-refractivity contribution in [3.63, 3.8) is 0 Å². The summed E-state index contributed by atoms with van der Waals surface area (Å²) < 4.78 is 12.7. The van der Waals surface area contributed by atoms with Crippen molar-refractivity contribution in [3.05, 3.63) is 71.5 Å². The molecule has 0 aliphatic heterocycles. The van der Waals surface area contributed by atoms with Crippen LogP contribution in [0.4, 0.5) is 4.39 Å². The van der Waals surface area contributed by atoms with Crippen LogP contribution in [0.1, 0.15) is 21.3 Å². The lowest BCUT2D eigenvalue weighted by Crippen LogP contribution is -2.26. The summed E-state index contributed by atoms with van der Waals surface area (Å²) >= 11 is 6.19. The minimum absolute atomic E-state index is 0.262. The van der Waals surface area contributed by atoms with Gasteiger partial charge in [-0.05, 0) is 29.8 Å². The molecule has 0 aliphatic rings. The van der Waals surface area contributed by atoms with Crippen molar-refractivity contribution in [3.8, 4) is 0 Å². The van der Waals surface area contributed by atoms with E-state index in [1.54, 1.807) is 0 Å². The smallest absolute Gasteiger partial charge is 0.251 e. The second-order valence-corrected chi connectivity index (χ2v) is 4.62. The van der Waals surface area contributed by atoms with E-state index in [9.17, 15) is 9.18 Å². The van der Waals surface area contributed by atoms with Gasteiger partial charge >= 0.3 is 0 Å². The average molecular weight is 278 g/mol. The number of carbonyl (C=O) groups is 1. The van der Waals surface area contributed by atoms with Crippen molar-refractivity contribution in [2.75, 3.05) is 6.54 Å². The van der Waals surface area contributed by atoms with E-state index in [1.807, 2.05) is 30.3 Å². The Hall–Kier alpha value is -1.87. The number of halogens is 2. The third kappa shape index (κ3) is 3.80. The summed E-state index contributed by atoms with van der Waals surface area (Å²) in [5.74, 6) is -0.627. The molecule has 2 aromatic rings. The molecule has 4 heteroatoms. The molecule has 0 aliphatic carbocycles. The van der Waals surface area contributed by atoms with E-state index < -0.39 is 0 Å². The predicted molar refractivity (Wildman–Crippen MR) is 73.8 cm³/mol. The highest BCUT2D eigenvalue weighted by molar-refractivity contribution is 6.21. The van der Waals surface area contributed by atoms with E-state index in [2.05, 4.69) is 5.32 Å². The first-order chi connectivity index (χ1) is 9.16. The van der Waals surface area contributed by atoms with Crippen LogP contribution in [0.15, 0.2) is 54.6 Å². The Labute approximate surface area is 116 Å². The summed E-state index contributed by atoms with van der Waals surface area (Å²) in [6.45, 7) is 0.321. The molecule has 0 bridgehead atoms. The van der Waals surface area contributed by atoms with E-state index in [1.165, 1.54) is 24.3 Å². The molecule has 1 amide bonds. The highest BCUT2D eigenvalue weighted by Crippen LogP contribution is 2.18. The molecule has 0 heterocycles. The van der Waals surface area contributed by atoms with Gasteiger partial charge < -0.3 is 5.32 Å². The van der Waals surface area contributed by atoms with Crippen LogP contribution in [0.2, 0.25) is 0 Å². The molecule has 0 radical (unpaired) electrons. The first-order valence-electron chi connectivity index (χ1n) is 5.89. The topological polar surface area (TPSA) is 29.1 Å². The van der Waals surface area contributed by atoms with Crippen molar-refractivity contribution >= 4 is 17.5 Å². The lowest BCUT2D eigenvalue weighted by atomic mass is 10.1. The van der Waals surface area contributed by atoms with Crippen LogP contribution < -0.4 is 5.32 Å². The number of carbonyl (C=O) groups excluding carboxylic acids is 1. The van der Waals surface area contributed by atoms with Gasteiger partial charge in [0.1, 0.15) is 5.82 Å². The van der Waals surface area contributed by atoms with Gasteiger partial charge in [-0.1, -0.05) is 30.3 Å². The van der Waals surface area contributed by atoms with Crippen molar-refractivity contribution in [1.82, 2.24) is 5.32 Å². The quantitative estimate of drug-likeness (QED) is 0.851. The molecule has 2 aromatic carbocycles. The number of hydrogen-bond donors (Lipinski definition) is 1. The van der Waals surface area contributed by atoms with Crippen molar-refractivity contribution in [2.24, 2.45) is 0 Å². The molecule has 1 N–H and O–H groups in total. The number of alkyl halides is 1. The number of nitrogens with one attached hydrogen (secondary N) is 1. The van der Waals surface area contributed by atoms with Gasteiger partial charge in [0.15, 0.2) is 0 Å². The summed E-state index contributed by atoms with van der Waals surface area (Å²) in [7, 11) is 0. The van der Waals surface area contributed by atoms with E-state index >= 15 is 0 Å². The Morgan fingerprint density at radius 3 is 2.37 bits per heavy atom.